The summed E-state index contributed by atoms with van der Waals surface area (Å²) < 4.78 is 0. The van der Waals surface area contributed by atoms with Gasteiger partial charge in [0.25, 0.3) is 0 Å². The van der Waals surface area contributed by atoms with Crippen LogP contribution < -0.4 is 0 Å². The SMILES string of the molecule is O=C(CC1=CCCCC1)c1cncnc1. The highest BCUT2D eigenvalue weighted by Crippen LogP contribution is 2.21. The number of hydrogen-bond donors (Lipinski definition) is 0. The Morgan fingerprint density at radius 2 is 2.07 bits per heavy atom. The fourth-order valence-corrected chi connectivity index (χ4v) is 1.82. The van der Waals surface area contributed by atoms with Gasteiger partial charge in [0.2, 0.25) is 0 Å². The van der Waals surface area contributed by atoms with Crippen LogP contribution in [0, 0.1) is 0 Å². The van der Waals surface area contributed by atoms with Crippen LogP contribution in [0.2, 0.25) is 0 Å². The van der Waals surface area contributed by atoms with Crippen LogP contribution in [-0.2, 0) is 0 Å². The van der Waals surface area contributed by atoms with Gasteiger partial charge >= 0.3 is 0 Å². The van der Waals surface area contributed by atoms with Crippen molar-refractivity contribution < 1.29 is 4.79 Å². The quantitative estimate of drug-likeness (QED) is 0.558. The molecule has 0 fully saturated rings. The molecule has 0 unspecified atom stereocenters. The van der Waals surface area contributed by atoms with Crippen molar-refractivity contribution in [3.8, 4) is 0 Å². The molecule has 0 radical (unpaired) electrons. The molecule has 78 valence electrons. The zero-order chi connectivity index (χ0) is 10.5. The Morgan fingerprint density at radius 3 is 2.73 bits per heavy atom. The fraction of sp³-hybridized carbons (Fsp3) is 0.417. The van der Waals surface area contributed by atoms with Crippen LogP contribution in [0.5, 0.6) is 0 Å². The molecule has 0 atom stereocenters. The summed E-state index contributed by atoms with van der Waals surface area (Å²) in [7, 11) is 0. The highest BCUT2D eigenvalue weighted by Gasteiger charge is 2.11. The molecular formula is C12H14N2O. The van der Waals surface area contributed by atoms with E-state index >= 15 is 0 Å². The first-order chi connectivity index (χ1) is 7.36. The third-order valence-electron chi connectivity index (χ3n) is 2.66. The smallest absolute Gasteiger partial charge is 0.169 e. The van der Waals surface area contributed by atoms with E-state index in [1.807, 2.05) is 0 Å². The van der Waals surface area contributed by atoms with Crippen LogP contribution in [-0.4, -0.2) is 15.8 Å². The van der Waals surface area contributed by atoms with Crippen LogP contribution in [0.4, 0.5) is 0 Å². The normalized spacial score (nSPS) is 15.9. The molecule has 1 aromatic heterocycles. The number of carbonyl (C=O) groups is 1. The minimum absolute atomic E-state index is 0.128. The zero-order valence-corrected chi connectivity index (χ0v) is 8.65. The summed E-state index contributed by atoms with van der Waals surface area (Å²) in [5.74, 6) is 0.128. The Bertz CT molecular complexity index is 370. The van der Waals surface area contributed by atoms with E-state index in [9.17, 15) is 4.79 Å². The van der Waals surface area contributed by atoms with Gasteiger partial charge in [-0.25, -0.2) is 9.97 Å². The first-order valence-electron chi connectivity index (χ1n) is 5.32. The lowest BCUT2D eigenvalue weighted by Gasteiger charge is -2.11. The number of allylic oxidation sites excluding steroid dienone is 2. The lowest BCUT2D eigenvalue weighted by Crippen LogP contribution is -2.04. The van der Waals surface area contributed by atoms with Gasteiger partial charge in [-0.2, -0.15) is 0 Å². The fourth-order valence-electron chi connectivity index (χ4n) is 1.82. The number of carbonyl (C=O) groups excluding carboxylic acids is 1. The first-order valence-corrected chi connectivity index (χ1v) is 5.32. The van der Waals surface area contributed by atoms with Crippen molar-refractivity contribution in [1.82, 2.24) is 9.97 Å². The summed E-state index contributed by atoms with van der Waals surface area (Å²) in [6.45, 7) is 0. The molecule has 15 heavy (non-hydrogen) atoms. The lowest BCUT2D eigenvalue weighted by atomic mass is 9.94. The van der Waals surface area contributed by atoms with Gasteiger partial charge < -0.3 is 0 Å². The summed E-state index contributed by atoms with van der Waals surface area (Å²) in [4.78, 5) is 19.5. The van der Waals surface area contributed by atoms with E-state index in [-0.39, 0.29) is 5.78 Å². The molecule has 2 rings (SSSR count). The average molecular weight is 202 g/mol. The Hall–Kier alpha value is -1.51. The minimum atomic E-state index is 0.128. The molecule has 0 spiro atoms. The Morgan fingerprint density at radius 1 is 1.27 bits per heavy atom. The van der Waals surface area contributed by atoms with E-state index in [0.717, 1.165) is 12.8 Å². The maximum atomic E-state index is 11.8. The van der Waals surface area contributed by atoms with Gasteiger partial charge in [0.1, 0.15) is 6.33 Å². The summed E-state index contributed by atoms with van der Waals surface area (Å²) >= 11 is 0. The van der Waals surface area contributed by atoms with Gasteiger partial charge in [-0.05, 0) is 25.7 Å². The largest absolute Gasteiger partial charge is 0.294 e. The Balaban J connectivity index is 2.01. The number of rotatable bonds is 3. The summed E-state index contributed by atoms with van der Waals surface area (Å²) in [5.41, 5.74) is 1.89. The molecule has 1 aliphatic rings. The third kappa shape index (κ3) is 2.72. The third-order valence-corrected chi connectivity index (χ3v) is 2.66. The predicted octanol–water partition coefficient (Wildman–Crippen LogP) is 2.55. The number of ketones is 1. The summed E-state index contributed by atoms with van der Waals surface area (Å²) in [5, 5.41) is 0. The average Bonchev–Trinajstić information content (AvgIpc) is 2.31. The molecule has 0 saturated heterocycles. The maximum absolute atomic E-state index is 11.8. The molecule has 0 saturated carbocycles. The highest BCUT2D eigenvalue weighted by molar-refractivity contribution is 5.96. The minimum Gasteiger partial charge on any atom is -0.294 e. The molecule has 0 aliphatic heterocycles. The molecule has 0 bridgehead atoms. The van der Waals surface area contributed by atoms with Gasteiger partial charge in [-0.3, -0.25) is 4.79 Å². The second kappa shape index (κ2) is 4.82. The highest BCUT2D eigenvalue weighted by atomic mass is 16.1. The molecule has 1 aromatic rings. The molecular weight excluding hydrogens is 188 g/mol. The van der Waals surface area contributed by atoms with Gasteiger partial charge in [0, 0.05) is 18.8 Å². The van der Waals surface area contributed by atoms with Gasteiger partial charge in [0.15, 0.2) is 5.78 Å². The van der Waals surface area contributed by atoms with E-state index in [1.54, 1.807) is 12.4 Å². The Labute approximate surface area is 89.3 Å². The standard InChI is InChI=1S/C12H14N2O/c15-12(11-7-13-9-14-8-11)6-10-4-2-1-3-5-10/h4,7-9H,1-3,5-6H2. The molecule has 0 amide bonds. The zero-order valence-electron chi connectivity index (χ0n) is 8.65. The molecule has 3 heteroatoms. The number of hydrogen-bond acceptors (Lipinski definition) is 3. The maximum Gasteiger partial charge on any atom is 0.169 e. The van der Waals surface area contributed by atoms with E-state index in [0.29, 0.717) is 12.0 Å². The second-order valence-corrected chi connectivity index (χ2v) is 3.84. The van der Waals surface area contributed by atoms with E-state index in [2.05, 4.69) is 16.0 Å². The van der Waals surface area contributed by atoms with Crippen LogP contribution in [0.3, 0.4) is 0 Å². The van der Waals surface area contributed by atoms with Crippen molar-refractivity contribution in [3.05, 3.63) is 35.9 Å². The summed E-state index contributed by atoms with van der Waals surface area (Å²) in [6, 6.07) is 0. The second-order valence-electron chi connectivity index (χ2n) is 3.84. The summed E-state index contributed by atoms with van der Waals surface area (Å²) in [6.07, 6.45) is 12.0. The number of aromatic nitrogens is 2. The van der Waals surface area contributed by atoms with Gasteiger partial charge in [0.05, 0.1) is 5.56 Å². The van der Waals surface area contributed by atoms with Crippen molar-refractivity contribution in [2.24, 2.45) is 0 Å². The van der Waals surface area contributed by atoms with Crippen LogP contribution in [0.25, 0.3) is 0 Å². The lowest BCUT2D eigenvalue weighted by molar-refractivity contribution is 0.0991. The van der Waals surface area contributed by atoms with Crippen LogP contribution in [0.15, 0.2) is 30.4 Å². The van der Waals surface area contributed by atoms with Crippen molar-refractivity contribution in [3.63, 3.8) is 0 Å². The molecule has 0 N–H and O–H groups in total. The molecule has 0 aromatic carbocycles. The Kier molecular flexibility index (Phi) is 3.22. The molecule has 1 heterocycles. The van der Waals surface area contributed by atoms with Crippen molar-refractivity contribution in [2.75, 3.05) is 0 Å². The van der Waals surface area contributed by atoms with Crippen LogP contribution >= 0.6 is 0 Å². The predicted molar refractivity (Wildman–Crippen MR) is 57.5 cm³/mol. The van der Waals surface area contributed by atoms with E-state index in [1.165, 1.54) is 24.7 Å². The van der Waals surface area contributed by atoms with Crippen molar-refractivity contribution >= 4 is 5.78 Å². The first kappa shape index (κ1) is 10.0. The molecule has 1 aliphatic carbocycles. The number of nitrogens with zero attached hydrogens (tertiary/aromatic N) is 2. The monoisotopic (exact) mass is 202 g/mol. The van der Waals surface area contributed by atoms with Crippen molar-refractivity contribution in [2.45, 2.75) is 32.1 Å². The van der Waals surface area contributed by atoms with Gasteiger partial charge in [-0.15, -0.1) is 0 Å². The van der Waals surface area contributed by atoms with Gasteiger partial charge in [-0.1, -0.05) is 11.6 Å². The topological polar surface area (TPSA) is 42.9 Å². The molecule has 3 nitrogen and oxygen atoms in total. The van der Waals surface area contributed by atoms with Crippen molar-refractivity contribution in [1.29, 1.82) is 0 Å². The van der Waals surface area contributed by atoms with E-state index < -0.39 is 0 Å². The number of Topliss-reactive ketones (excluding diaryl/α,β-unsaturated/α-hetero) is 1. The van der Waals surface area contributed by atoms with Crippen LogP contribution in [0.1, 0.15) is 42.5 Å². The van der Waals surface area contributed by atoms with E-state index in [4.69, 9.17) is 0 Å².